The third kappa shape index (κ3) is 3.78. The first-order valence-corrected chi connectivity index (χ1v) is 8.34. The Kier molecular flexibility index (Phi) is 4.99. The zero-order valence-electron chi connectivity index (χ0n) is 14.1. The largest absolute Gasteiger partial charge is 0.461 e. The molecule has 0 amide bonds. The van der Waals surface area contributed by atoms with E-state index in [4.69, 9.17) is 4.74 Å². The molecule has 0 aromatic carbocycles. The van der Waals surface area contributed by atoms with Gasteiger partial charge in [-0.3, -0.25) is 9.69 Å². The maximum Gasteiger partial charge on any atom is 0.325 e. The van der Waals surface area contributed by atoms with Crippen molar-refractivity contribution in [3.8, 4) is 0 Å². The molecule has 2 fully saturated rings. The van der Waals surface area contributed by atoms with Crippen molar-refractivity contribution < 1.29 is 14.6 Å². The second-order valence-corrected chi connectivity index (χ2v) is 7.94. The molecule has 5 atom stereocenters. The molecule has 4 heteroatoms. The molecule has 0 bridgehead atoms. The number of carbonyl (C=O) groups excluding carboxylic acids is 1. The smallest absolute Gasteiger partial charge is 0.325 e. The summed E-state index contributed by atoms with van der Waals surface area (Å²) in [5, 5.41) is 9.38. The third-order valence-corrected chi connectivity index (χ3v) is 5.28. The van der Waals surface area contributed by atoms with Gasteiger partial charge in [-0.25, -0.2) is 0 Å². The second kappa shape index (κ2) is 6.25. The number of aliphatic hydroxyl groups is 1. The van der Waals surface area contributed by atoms with Crippen LogP contribution < -0.4 is 0 Å². The SMILES string of the molecule is CC(C)[C@@H]1CC[C@@H](C)C[C@H]1OC(=O)[C@@H]1CN1C(C)(C)CO. The van der Waals surface area contributed by atoms with Gasteiger partial charge in [0, 0.05) is 12.1 Å². The number of rotatable bonds is 5. The van der Waals surface area contributed by atoms with E-state index in [1.165, 1.54) is 6.42 Å². The van der Waals surface area contributed by atoms with Gasteiger partial charge in [-0.2, -0.15) is 0 Å². The van der Waals surface area contributed by atoms with Gasteiger partial charge in [-0.05, 0) is 44.4 Å². The summed E-state index contributed by atoms with van der Waals surface area (Å²) in [5.41, 5.74) is -0.332. The molecule has 1 N–H and O–H groups in total. The van der Waals surface area contributed by atoms with Crippen molar-refractivity contribution in [2.24, 2.45) is 17.8 Å². The Hall–Kier alpha value is -0.610. The Labute approximate surface area is 128 Å². The van der Waals surface area contributed by atoms with E-state index >= 15 is 0 Å². The molecular formula is C17H31NO3. The summed E-state index contributed by atoms with van der Waals surface area (Å²) in [7, 11) is 0. The summed E-state index contributed by atoms with van der Waals surface area (Å²) in [6.45, 7) is 11.4. The molecule has 1 saturated heterocycles. The predicted octanol–water partition coefficient (Wildman–Crippen LogP) is 2.45. The molecule has 122 valence electrons. The van der Waals surface area contributed by atoms with Gasteiger partial charge in [0.2, 0.25) is 0 Å². The summed E-state index contributed by atoms with van der Waals surface area (Å²) in [4.78, 5) is 14.4. The van der Waals surface area contributed by atoms with Crippen LogP contribution in [0.5, 0.6) is 0 Å². The zero-order chi connectivity index (χ0) is 15.8. The van der Waals surface area contributed by atoms with Crippen molar-refractivity contribution in [2.75, 3.05) is 13.2 Å². The Morgan fingerprint density at radius 2 is 2.05 bits per heavy atom. The van der Waals surface area contributed by atoms with Crippen LogP contribution in [0.3, 0.4) is 0 Å². The van der Waals surface area contributed by atoms with E-state index in [9.17, 15) is 9.90 Å². The van der Waals surface area contributed by atoms with Gasteiger partial charge in [0.25, 0.3) is 0 Å². The van der Waals surface area contributed by atoms with Crippen molar-refractivity contribution in [3.63, 3.8) is 0 Å². The molecular weight excluding hydrogens is 266 g/mol. The monoisotopic (exact) mass is 297 g/mol. The molecule has 1 heterocycles. The van der Waals surface area contributed by atoms with Crippen molar-refractivity contribution in [3.05, 3.63) is 0 Å². The highest BCUT2D eigenvalue weighted by atomic mass is 16.5. The van der Waals surface area contributed by atoms with Crippen LogP contribution in [0.1, 0.15) is 53.9 Å². The Morgan fingerprint density at radius 1 is 1.38 bits per heavy atom. The van der Waals surface area contributed by atoms with Crippen LogP contribution in [0.15, 0.2) is 0 Å². The lowest BCUT2D eigenvalue weighted by molar-refractivity contribution is -0.156. The molecule has 0 aromatic heterocycles. The van der Waals surface area contributed by atoms with Crippen LogP contribution >= 0.6 is 0 Å². The van der Waals surface area contributed by atoms with Gasteiger partial charge in [0.1, 0.15) is 12.1 Å². The first-order chi connectivity index (χ1) is 9.76. The zero-order valence-corrected chi connectivity index (χ0v) is 14.1. The minimum absolute atomic E-state index is 0.0614. The quantitative estimate of drug-likeness (QED) is 0.625. The first-order valence-electron chi connectivity index (χ1n) is 8.34. The lowest BCUT2D eigenvalue weighted by atomic mass is 9.75. The minimum Gasteiger partial charge on any atom is -0.461 e. The number of ether oxygens (including phenoxy) is 1. The van der Waals surface area contributed by atoms with Gasteiger partial charge < -0.3 is 9.84 Å². The highest BCUT2D eigenvalue weighted by molar-refractivity contribution is 5.79. The topological polar surface area (TPSA) is 49.5 Å². The van der Waals surface area contributed by atoms with Crippen LogP contribution in [0.2, 0.25) is 0 Å². The fraction of sp³-hybridized carbons (Fsp3) is 0.941. The average Bonchev–Trinajstić information content (AvgIpc) is 3.19. The molecule has 1 aliphatic carbocycles. The van der Waals surface area contributed by atoms with E-state index in [0.29, 0.717) is 24.3 Å². The lowest BCUT2D eigenvalue weighted by Crippen LogP contribution is -2.40. The molecule has 1 unspecified atom stereocenters. The number of esters is 1. The van der Waals surface area contributed by atoms with Gasteiger partial charge >= 0.3 is 5.97 Å². The van der Waals surface area contributed by atoms with E-state index in [1.54, 1.807) is 0 Å². The third-order valence-electron chi connectivity index (χ3n) is 5.28. The first kappa shape index (κ1) is 16.8. The number of nitrogens with zero attached hydrogens (tertiary/aromatic N) is 1. The Bertz CT molecular complexity index is 380. The average molecular weight is 297 g/mol. The fourth-order valence-corrected chi connectivity index (χ4v) is 3.58. The van der Waals surface area contributed by atoms with Crippen LogP contribution in [0.4, 0.5) is 0 Å². The minimum atomic E-state index is -0.332. The van der Waals surface area contributed by atoms with Crippen LogP contribution in [-0.2, 0) is 9.53 Å². The van der Waals surface area contributed by atoms with Crippen molar-refractivity contribution in [1.82, 2.24) is 4.90 Å². The summed E-state index contributed by atoms with van der Waals surface area (Å²) in [5.74, 6) is 1.59. The molecule has 4 nitrogen and oxygen atoms in total. The highest BCUT2D eigenvalue weighted by Gasteiger charge is 2.50. The normalized spacial score (nSPS) is 36.6. The van der Waals surface area contributed by atoms with Crippen molar-refractivity contribution in [1.29, 1.82) is 0 Å². The number of aliphatic hydroxyl groups excluding tert-OH is 1. The van der Waals surface area contributed by atoms with E-state index in [2.05, 4.69) is 20.8 Å². The molecule has 21 heavy (non-hydrogen) atoms. The van der Waals surface area contributed by atoms with Crippen molar-refractivity contribution in [2.45, 2.75) is 71.6 Å². The van der Waals surface area contributed by atoms with Crippen molar-refractivity contribution >= 4 is 5.97 Å². The predicted molar refractivity (Wildman–Crippen MR) is 82.9 cm³/mol. The molecule has 1 aliphatic heterocycles. The fourth-order valence-electron chi connectivity index (χ4n) is 3.58. The summed E-state index contributed by atoms with van der Waals surface area (Å²) >= 11 is 0. The number of carbonyl (C=O) groups is 1. The maximum absolute atomic E-state index is 12.4. The summed E-state index contributed by atoms with van der Waals surface area (Å²) in [6.07, 6.45) is 3.46. The van der Waals surface area contributed by atoms with Crippen LogP contribution in [-0.4, -0.2) is 46.8 Å². The van der Waals surface area contributed by atoms with Gasteiger partial charge in [0.05, 0.1) is 6.61 Å². The number of hydrogen-bond donors (Lipinski definition) is 1. The Morgan fingerprint density at radius 3 is 2.62 bits per heavy atom. The molecule has 1 saturated carbocycles. The molecule has 0 spiro atoms. The number of hydrogen-bond acceptors (Lipinski definition) is 4. The lowest BCUT2D eigenvalue weighted by Gasteiger charge is -2.36. The highest BCUT2D eigenvalue weighted by Crippen LogP contribution is 2.37. The standard InChI is InChI=1S/C17H31NO3/c1-11(2)13-7-6-12(3)8-15(13)21-16(20)14-9-18(14)17(4,5)10-19/h11-15,19H,6-10H2,1-5H3/t12-,13+,14+,15-,18?/m1/s1. The van der Waals surface area contributed by atoms with Crippen LogP contribution in [0.25, 0.3) is 0 Å². The van der Waals surface area contributed by atoms with Gasteiger partial charge in [0.15, 0.2) is 0 Å². The van der Waals surface area contributed by atoms with Gasteiger partial charge in [-0.1, -0.05) is 27.2 Å². The molecule has 0 aromatic rings. The van der Waals surface area contributed by atoms with Crippen LogP contribution in [0, 0.1) is 17.8 Å². The van der Waals surface area contributed by atoms with E-state index in [1.807, 2.05) is 18.7 Å². The molecule has 0 radical (unpaired) electrons. The maximum atomic E-state index is 12.4. The van der Waals surface area contributed by atoms with E-state index < -0.39 is 0 Å². The van der Waals surface area contributed by atoms with E-state index in [-0.39, 0.29) is 30.3 Å². The molecule has 2 aliphatic rings. The van der Waals surface area contributed by atoms with Gasteiger partial charge in [-0.15, -0.1) is 0 Å². The summed E-state index contributed by atoms with van der Waals surface area (Å²) in [6, 6.07) is -0.155. The van der Waals surface area contributed by atoms with E-state index in [0.717, 1.165) is 12.8 Å². The molecule has 2 rings (SSSR count). The summed E-state index contributed by atoms with van der Waals surface area (Å²) < 4.78 is 5.87. The Balaban J connectivity index is 1.92. The second-order valence-electron chi connectivity index (χ2n) is 7.94.